The second kappa shape index (κ2) is 11.0. The zero-order chi connectivity index (χ0) is 28.7. The standard InChI is InChI=1S/C33H35FO7/c1-19-13-23(40-18-33(37)9-11-38-12-10-33)14-20(2)31(19)25-5-7-27(34)32-26(25)6-8-28(32)41-22-3-4-24-21(15-30(35)36)17-39-29(24)16-22/h3-5,7,13-14,16,21,28,37H,6,8-12,15,17-18H2,1-2H3,(H,35,36). The number of fused-ring (bicyclic) bond motifs is 2. The zero-order valence-corrected chi connectivity index (χ0v) is 23.4. The molecule has 2 aliphatic heterocycles. The summed E-state index contributed by atoms with van der Waals surface area (Å²) in [5, 5.41) is 19.9. The Morgan fingerprint density at radius 3 is 2.56 bits per heavy atom. The molecule has 2 heterocycles. The van der Waals surface area contributed by atoms with E-state index in [0.717, 1.165) is 33.4 Å². The van der Waals surface area contributed by atoms with E-state index in [1.54, 1.807) is 6.07 Å². The second-order valence-electron chi connectivity index (χ2n) is 11.5. The summed E-state index contributed by atoms with van der Waals surface area (Å²) in [6.45, 7) is 5.66. The average Bonchev–Trinajstić information content (AvgIpc) is 3.53. The number of carboxylic acids is 1. The summed E-state index contributed by atoms with van der Waals surface area (Å²) >= 11 is 0. The van der Waals surface area contributed by atoms with Crippen molar-refractivity contribution in [1.82, 2.24) is 0 Å². The van der Waals surface area contributed by atoms with Gasteiger partial charge >= 0.3 is 5.97 Å². The number of rotatable bonds is 8. The van der Waals surface area contributed by atoms with E-state index >= 15 is 4.39 Å². The fraction of sp³-hybridized carbons (Fsp3) is 0.424. The molecule has 1 fully saturated rings. The number of carbonyl (C=O) groups is 1. The highest BCUT2D eigenvalue weighted by Gasteiger charge is 2.33. The highest BCUT2D eigenvalue weighted by Crippen LogP contribution is 2.45. The van der Waals surface area contributed by atoms with Crippen LogP contribution in [0.3, 0.4) is 0 Å². The molecule has 0 bridgehead atoms. The molecule has 6 rings (SSSR count). The van der Waals surface area contributed by atoms with Crippen molar-refractivity contribution in [3.05, 3.63) is 76.1 Å². The zero-order valence-electron chi connectivity index (χ0n) is 23.4. The van der Waals surface area contributed by atoms with Crippen LogP contribution in [-0.4, -0.2) is 48.2 Å². The predicted molar refractivity (Wildman–Crippen MR) is 150 cm³/mol. The second-order valence-corrected chi connectivity index (χ2v) is 11.5. The first-order chi connectivity index (χ1) is 19.7. The topological polar surface area (TPSA) is 94.5 Å². The number of hydrogen-bond acceptors (Lipinski definition) is 6. The molecule has 1 aliphatic carbocycles. The average molecular weight is 563 g/mol. The van der Waals surface area contributed by atoms with Crippen molar-refractivity contribution in [2.24, 2.45) is 0 Å². The molecule has 41 heavy (non-hydrogen) atoms. The van der Waals surface area contributed by atoms with Crippen molar-refractivity contribution in [3.63, 3.8) is 0 Å². The lowest BCUT2D eigenvalue weighted by Gasteiger charge is -2.31. The maximum Gasteiger partial charge on any atom is 0.304 e. The quantitative estimate of drug-likeness (QED) is 0.345. The van der Waals surface area contributed by atoms with Crippen molar-refractivity contribution in [2.45, 2.75) is 63.6 Å². The van der Waals surface area contributed by atoms with Crippen LogP contribution in [0.5, 0.6) is 17.2 Å². The number of aryl methyl sites for hydroxylation is 2. The smallest absolute Gasteiger partial charge is 0.304 e. The van der Waals surface area contributed by atoms with Gasteiger partial charge in [0.15, 0.2) is 0 Å². The van der Waals surface area contributed by atoms with Crippen molar-refractivity contribution >= 4 is 5.97 Å². The van der Waals surface area contributed by atoms with Gasteiger partial charge in [0.1, 0.15) is 41.4 Å². The summed E-state index contributed by atoms with van der Waals surface area (Å²) in [4.78, 5) is 11.2. The van der Waals surface area contributed by atoms with Gasteiger partial charge in [-0.05, 0) is 78.8 Å². The van der Waals surface area contributed by atoms with Gasteiger partial charge in [0, 0.05) is 49.2 Å². The Balaban J connectivity index is 1.23. The van der Waals surface area contributed by atoms with Crippen molar-refractivity contribution < 1.29 is 38.3 Å². The summed E-state index contributed by atoms with van der Waals surface area (Å²) in [6.07, 6.45) is 2.00. The van der Waals surface area contributed by atoms with Crippen LogP contribution in [0.4, 0.5) is 4.39 Å². The van der Waals surface area contributed by atoms with Gasteiger partial charge in [-0.2, -0.15) is 0 Å². The largest absolute Gasteiger partial charge is 0.492 e. The fourth-order valence-corrected chi connectivity index (χ4v) is 6.45. The first-order valence-corrected chi connectivity index (χ1v) is 14.2. The minimum absolute atomic E-state index is 0.0147. The van der Waals surface area contributed by atoms with Gasteiger partial charge in [0.2, 0.25) is 0 Å². The lowest BCUT2D eigenvalue weighted by atomic mass is 9.90. The lowest BCUT2D eigenvalue weighted by Crippen LogP contribution is -2.41. The van der Waals surface area contributed by atoms with Crippen LogP contribution in [0.1, 0.15) is 65.5 Å². The molecule has 2 N–H and O–H groups in total. The van der Waals surface area contributed by atoms with Crippen molar-refractivity contribution in [2.75, 3.05) is 26.4 Å². The Hall–Kier alpha value is -3.62. The Morgan fingerprint density at radius 1 is 1.07 bits per heavy atom. The van der Waals surface area contributed by atoms with Gasteiger partial charge in [-0.3, -0.25) is 4.79 Å². The van der Waals surface area contributed by atoms with Gasteiger partial charge in [-0.15, -0.1) is 0 Å². The van der Waals surface area contributed by atoms with Gasteiger partial charge in [-0.1, -0.05) is 12.1 Å². The summed E-state index contributed by atoms with van der Waals surface area (Å²) < 4.78 is 38.7. The van der Waals surface area contributed by atoms with Crippen LogP contribution in [0, 0.1) is 19.7 Å². The Kier molecular flexibility index (Phi) is 7.38. The van der Waals surface area contributed by atoms with E-state index in [-0.39, 0.29) is 24.8 Å². The molecule has 0 aromatic heterocycles. The van der Waals surface area contributed by atoms with Crippen molar-refractivity contribution in [3.8, 4) is 28.4 Å². The maximum atomic E-state index is 15.3. The van der Waals surface area contributed by atoms with Crippen LogP contribution < -0.4 is 14.2 Å². The number of aliphatic hydroxyl groups is 1. The van der Waals surface area contributed by atoms with Crippen LogP contribution >= 0.6 is 0 Å². The Morgan fingerprint density at radius 2 is 1.83 bits per heavy atom. The lowest BCUT2D eigenvalue weighted by molar-refractivity contribution is -0.137. The molecule has 3 aromatic carbocycles. The fourth-order valence-electron chi connectivity index (χ4n) is 6.45. The van der Waals surface area contributed by atoms with Gasteiger partial charge in [0.25, 0.3) is 0 Å². The SMILES string of the molecule is Cc1cc(OCC2(O)CCOCC2)cc(C)c1-c1ccc(F)c2c1CCC2Oc1ccc2c(c1)OCC2CC(=O)O. The molecule has 0 spiro atoms. The third-order valence-electron chi connectivity index (χ3n) is 8.55. The molecule has 1 saturated heterocycles. The first-order valence-electron chi connectivity index (χ1n) is 14.2. The molecule has 216 valence electrons. The summed E-state index contributed by atoms with van der Waals surface area (Å²) in [5.41, 5.74) is 5.59. The molecule has 0 amide bonds. The summed E-state index contributed by atoms with van der Waals surface area (Å²) in [6, 6.07) is 12.8. The van der Waals surface area contributed by atoms with Crippen LogP contribution in [0.2, 0.25) is 0 Å². The third kappa shape index (κ3) is 5.51. The van der Waals surface area contributed by atoms with Crippen LogP contribution in [0.25, 0.3) is 11.1 Å². The molecule has 2 unspecified atom stereocenters. The highest BCUT2D eigenvalue weighted by molar-refractivity contribution is 5.76. The molecule has 0 radical (unpaired) electrons. The number of aliphatic carboxylic acids is 1. The Bertz CT molecular complexity index is 1450. The molecule has 3 aromatic rings. The monoisotopic (exact) mass is 562 g/mol. The minimum atomic E-state index is -0.878. The van der Waals surface area contributed by atoms with Crippen LogP contribution in [0.15, 0.2) is 42.5 Å². The van der Waals surface area contributed by atoms with E-state index in [2.05, 4.69) is 0 Å². The molecular formula is C33H35FO7. The Labute approximate surface area is 238 Å². The molecular weight excluding hydrogens is 527 g/mol. The summed E-state index contributed by atoms with van der Waals surface area (Å²) in [7, 11) is 0. The predicted octanol–water partition coefficient (Wildman–Crippen LogP) is 6.05. The molecule has 8 heteroatoms. The molecule has 2 atom stereocenters. The molecule has 3 aliphatic rings. The molecule has 0 saturated carbocycles. The van der Waals surface area contributed by atoms with Gasteiger partial charge < -0.3 is 29.2 Å². The number of hydrogen-bond donors (Lipinski definition) is 2. The number of halogens is 1. The van der Waals surface area contributed by atoms with E-state index in [9.17, 15) is 9.90 Å². The van der Waals surface area contributed by atoms with Crippen LogP contribution in [-0.2, 0) is 16.0 Å². The third-order valence-corrected chi connectivity index (χ3v) is 8.55. The highest BCUT2D eigenvalue weighted by atomic mass is 19.1. The number of carboxylic acid groups (broad SMARTS) is 1. The minimum Gasteiger partial charge on any atom is -0.492 e. The van der Waals surface area contributed by atoms with E-state index in [0.29, 0.717) is 68.3 Å². The number of benzene rings is 3. The maximum absolute atomic E-state index is 15.3. The van der Waals surface area contributed by atoms with E-state index in [1.165, 1.54) is 6.07 Å². The summed E-state index contributed by atoms with van der Waals surface area (Å²) in [5.74, 6) is 0.569. The molecule has 7 nitrogen and oxygen atoms in total. The van der Waals surface area contributed by atoms with Gasteiger partial charge in [-0.25, -0.2) is 4.39 Å². The first kappa shape index (κ1) is 27.5. The normalized spacial score (nSPS) is 20.7. The number of ether oxygens (including phenoxy) is 4. The van der Waals surface area contributed by atoms with Gasteiger partial charge in [0.05, 0.1) is 13.0 Å². The van der Waals surface area contributed by atoms with Crippen molar-refractivity contribution in [1.29, 1.82) is 0 Å². The van der Waals surface area contributed by atoms with E-state index < -0.39 is 17.7 Å². The van der Waals surface area contributed by atoms with E-state index in [4.69, 9.17) is 24.1 Å². The van der Waals surface area contributed by atoms with E-state index in [1.807, 2.05) is 44.2 Å².